The minimum atomic E-state index is 0.718. The molecule has 1 N–H and O–H groups in total. The van der Waals surface area contributed by atoms with Crippen LogP contribution in [0.5, 0.6) is 0 Å². The van der Waals surface area contributed by atoms with E-state index in [9.17, 15) is 0 Å². The lowest BCUT2D eigenvalue weighted by Crippen LogP contribution is -2.55. The van der Waals surface area contributed by atoms with Gasteiger partial charge in [-0.1, -0.05) is 6.92 Å². The summed E-state index contributed by atoms with van der Waals surface area (Å²) in [7, 11) is 0. The van der Waals surface area contributed by atoms with E-state index in [0.29, 0.717) is 0 Å². The first-order valence-electron chi connectivity index (χ1n) is 5.24. The molecule has 0 aliphatic carbocycles. The van der Waals surface area contributed by atoms with Gasteiger partial charge in [0, 0.05) is 37.5 Å². The Hall–Kier alpha value is 0.270. The van der Waals surface area contributed by atoms with Gasteiger partial charge >= 0.3 is 0 Å². The van der Waals surface area contributed by atoms with E-state index in [1.165, 1.54) is 25.3 Å². The predicted octanol–water partition coefficient (Wildman–Crippen LogP) is 1.42. The van der Waals surface area contributed by atoms with Gasteiger partial charge in [0.25, 0.3) is 0 Å². The largest absolute Gasteiger partial charge is 0.311 e. The highest BCUT2D eigenvalue weighted by Gasteiger charge is 2.22. The van der Waals surface area contributed by atoms with Crippen molar-refractivity contribution in [3.8, 4) is 0 Å². The fraction of sp³-hybridized carbons (Fsp3) is 1.00. The van der Waals surface area contributed by atoms with Crippen LogP contribution < -0.4 is 5.32 Å². The third-order valence-electron chi connectivity index (χ3n) is 2.86. The van der Waals surface area contributed by atoms with Gasteiger partial charge in [0.15, 0.2) is 0 Å². The number of thioether (sulfide) groups is 1. The Morgan fingerprint density at radius 3 is 2.92 bits per heavy atom. The molecule has 1 rings (SSSR count). The van der Waals surface area contributed by atoms with Crippen molar-refractivity contribution < 1.29 is 0 Å². The molecule has 3 heteroatoms. The van der Waals surface area contributed by atoms with E-state index in [-0.39, 0.29) is 0 Å². The maximum absolute atomic E-state index is 3.58. The van der Waals surface area contributed by atoms with Crippen molar-refractivity contribution in [2.45, 2.75) is 32.4 Å². The number of hydrogen-bond acceptors (Lipinski definition) is 3. The second-order valence-corrected chi connectivity index (χ2v) is 4.84. The summed E-state index contributed by atoms with van der Waals surface area (Å²) in [5, 5.41) is 3.58. The Balaban J connectivity index is 2.31. The average molecular weight is 202 g/mol. The molecule has 0 saturated carbocycles. The van der Waals surface area contributed by atoms with E-state index in [0.717, 1.165) is 18.6 Å². The normalized spacial score (nSPS) is 30.7. The molecule has 0 aromatic carbocycles. The van der Waals surface area contributed by atoms with Crippen LogP contribution in [0.15, 0.2) is 0 Å². The average Bonchev–Trinajstić information content (AvgIpc) is 2.17. The van der Waals surface area contributed by atoms with E-state index in [4.69, 9.17) is 0 Å². The Kier molecular flexibility index (Phi) is 5.14. The molecule has 78 valence electrons. The maximum atomic E-state index is 3.58. The molecule has 2 atom stereocenters. The summed E-state index contributed by atoms with van der Waals surface area (Å²) in [6.07, 6.45) is 3.44. The zero-order chi connectivity index (χ0) is 9.68. The predicted molar refractivity (Wildman–Crippen MR) is 61.5 cm³/mol. The summed E-state index contributed by atoms with van der Waals surface area (Å²) in [4.78, 5) is 2.61. The second kappa shape index (κ2) is 5.89. The van der Waals surface area contributed by atoms with Gasteiger partial charge in [-0.15, -0.1) is 0 Å². The standard InChI is InChI=1S/C10H22N2S/c1-4-10-8-12(5-6-13-3)9(2)7-11-10/h9-11H,4-8H2,1-3H3. The molecule has 0 aromatic heterocycles. The number of rotatable bonds is 4. The molecule has 1 aliphatic rings. The maximum Gasteiger partial charge on any atom is 0.0193 e. The van der Waals surface area contributed by atoms with Crippen LogP contribution in [0.1, 0.15) is 20.3 Å². The molecular formula is C10H22N2S. The lowest BCUT2D eigenvalue weighted by molar-refractivity contribution is 0.148. The van der Waals surface area contributed by atoms with Crippen molar-refractivity contribution in [2.75, 3.05) is 31.6 Å². The summed E-state index contributed by atoms with van der Waals surface area (Å²) in [6, 6.07) is 1.44. The zero-order valence-corrected chi connectivity index (χ0v) is 9.86. The van der Waals surface area contributed by atoms with Crippen LogP contribution in [0.2, 0.25) is 0 Å². The Bertz CT molecular complexity index is 141. The van der Waals surface area contributed by atoms with Gasteiger partial charge in [0.2, 0.25) is 0 Å². The van der Waals surface area contributed by atoms with Crippen molar-refractivity contribution in [2.24, 2.45) is 0 Å². The molecule has 0 radical (unpaired) electrons. The first-order valence-corrected chi connectivity index (χ1v) is 6.63. The van der Waals surface area contributed by atoms with Gasteiger partial charge in [-0.3, -0.25) is 4.90 Å². The molecule has 0 amide bonds. The Morgan fingerprint density at radius 2 is 2.31 bits per heavy atom. The first-order chi connectivity index (χ1) is 6.27. The highest BCUT2D eigenvalue weighted by molar-refractivity contribution is 7.98. The van der Waals surface area contributed by atoms with Crippen molar-refractivity contribution in [3.63, 3.8) is 0 Å². The quantitative estimate of drug-likeness (QED) is 0.742. The van der Waals surface area contributed by atoms with Crippen LogP contribution in [0.25, 0.3) is 0 Å². The highest BCUT2D eigenvalue weighted by atomic mass is 32.2. The van der Waals surface area contributed by atoms with E-state index in [1.807, 2.05) is 11.8 Å². The lowest BCUT2D eigenvalue weighted by Gasteiger charge is -2.38. The van der Waals surface area contributed by atoms with Gasteiger partial charge in [-0.2, -0.15) is 11.8 Å². The smallest absolute Gasteiger partial charge is 0.0193 e. The third kappa shape index (κ3) is 3.49. The summed E-state index contributed by atoms with van der Waals surface area (Å²) in [5.74, 6) is 1.26. The minimum Gasteiger partial charge on any atom is -0.311 e. The summed E-state index contributed by atoms with van der Waals surface area (Å²) < 4.78 is 0. The fourth-order valence-electron chi connectivity index (χ4n) is 1.79. The van der Waals surface area contributed by atoms with Gasteiger partial charge in [0.05, 0.1) is 0 Å². The molecule has 1 fully saturated rings. The van der Waals surface area contributed by atoms with Crippen LogP contribution in [-0.4, -0.2) is 48.6 Å². The first kappa shape index (κ1) is 11.3. The van der Waals surface area contributed by atoms with Crippen molar-refractivity contribution in [1.29, 1.82) is 0 Å². The summed E-state index contributed by atoms with van der Waals surface area (Å²) in [6.45, 7) is 8.23. The summed E-state index contributed by atoms with van der Waals surface area (Å²) >= 11 is 1.94. The molecule has 1 saturated heterocycles. The summed E-state index contributed by atoms with van der Waals surface area (Å²) in [5.41, 5.74) is 0. The molecule has 2 nitrogen and oxygen atoms in total. The van der Waals surface area contributed by atoms with Crippen LogP contribution in [0.4, 0.5) is 0 Å². The number of nitrogens with one attached hydrogen (secondary N) is 1. The lowest BCUT2D eigenvalue weighted by atomic mass is 10.1. The number of hydrogen-bond donors (Lipinski definition) is 1. The van der Waals surface area contributed by atoms with E-state index >= 15 is 0 Å². The van der Waals surface area contributed by atoms with Crippen LogP contribution in [0.3, 0.4) is 0 Å². The van der Waals surface area contributed by atoms with Crippen LogP contribution in [-0.2, 0) is 0 Å². The minimum absolute atomic E-state index is 0.718. The van der Waals surface area contributed by atoms with E-state index < -0.39 is 0 Å². The van der Waals surface area contributed by atoms with Crippen molar-refractivity contribution in [1.82, 2.24) is 10.2 Å². The zero-order valence-electron chi connectivity index (χ0n) is 9.05. The molecular weight excluding hydrogens is 180 g/mol. The van der Waals surface area contributed by atoms with E-state index in [2.05, 4.69) is 30.3 Å². The van der Waals surface area contributed by atoms with Gasteiger partial charge in [-0.05, 0) is 19.6 Å². The van der Waals surface area contributed by atoms with Gasteiger partial charge < -0.3 is 5.32 Å². The molecule has 1 aliphatic heterocycles. The molecule has 1 heterocycles. The molecule has 0 spiro atoms. The Labute approximate surface area is 86.5 Å². The van der Waals surface area contributed by atoms with Gasteiger partial charge in [-0.25, -0.2) is 0 Å². The third-order valence-corrected chi connectivity index (χ3v) is 3.45. The van der Waals surface area contributed by atoms with Crippen LogP contribution in [0, 0.1) is 0 Å². The second-order valence-electron chi connectivity index (χ2n) is 3.85. The highest BCUT2D eigenvalue weighted by Crippen LogP contribution is 2.09. The molecule has 0 aromatic rings. The molecule has 13 heavy (non-hydrogen) atoms. The SMILES string of the molecule is CCC1CN(CCSC)C(C)CN1. The van der Waals surface area contributed by atoms with Crippen molar-refractivity contribution >= 4 is 11.8 Å². The monoisotopic (exact) mass is 202 g/mol. The van der Waals surface area contributed by atoms with Crippen molar-refractivity contribution in [3.05, 3.63) is 0 Å². The number of nitrogens with zero attached hydrogens (tertiary/aromatic N) is 1. The van der Waals surface area contributed by atoms with Gasteiger partial charge in [0.1, 0.15) is 0 Å². The Morgan fingerprint density at radius 1 is 1.54 bits per heavy atom. The topological polar surface area (TPSA) is 15.3 Å². The number of piperazine rings is 1. The molecule has 2 unspecified atom stereocenters. The van der Waals surface area contributed by atoms with Crippen LogP contribution >= 0.6 is 11.8 Å². The molecule has 0 bridgehead atoms. The van der Waals surface area contributed by atoms with E-state index in [1.54, 1.807) is 0 Å². The fourth-order valence-corrected chi connectivity index (χ4v) is 2.20.